The van der Waals surface area contributed by atoms with Crippen LogP contribution in [0.4, 0.5) is 0 Å². The first-order valence-electron chi connectivity index (χ1n) is 5.88. The van der Waals surface area contributed by atoms with Crippen molar-refractivity contribution < 1.29 is 4.74 Å². The lowest BCUT2D eigenvalue weighted by Gasteiger charge is -2.13. The Hall–Kier alpha value is -0.280. The predicted octanol–water partition coefficient (Wildman–Crippen LogP) is 3.65. The monoisotopic (exact) mass is 273 g/mol. The van der Waals surface area contributed by atoms with Gasteiger partial charge in [-0.2, -0.15) is 0 Å². The minimum atomic E-state index is 0.412. The first kappa shape index (κ1) is 13.2. The Morgan fingerprint density at radius 1 is 1.24 bits per heavy atom. The highest BCUT2D eigenvalue weighted by Gasteiger charge is 2.23. The van der Waals surface area contributed by atoms with Crippen molar-refractivity contribution in [3.8, 4) is 0 Å². The molecule has 17 heavy (non-hydrogen) atoms. The Balaban J connectivity index is 1.85. The van der Waals surface area contributed by atoms with Crippen molar-refractivity contribution in [3.05, 3.63) is 33.8 Å². The first-order valence-corrected chi connectivity index (χ1v) is 6.64. The van der Waals surface area contributed by atoms with Crippen LogP contribution in [0, 0.1) is 0 Å². The molecular weight excluding hydrogens is 257 g/mol. The van der Waals surface area contributed by atoms with Gasteiger partial charge in [-0.25, -0.2) is 0 Å². The van der Waals surface area contributed by atoms with Gasteiger partial charge in [0.1, 0.15) is 0 Å². The van der Waals surface area contributed by atoms with Gasteiger partial charge in [0.2, 0.25) is 0 Å². The highest BCUT2D eigenvalue weighted by Crippen LogP contribution is 2.23. The quantitative estimate of drug-likeness (QED) is 0.904. The van der Waals surface area contributed by atoms with Crippen LogP contribution < -0.4 is 5.32 Å². The van der Waals surface area contributed by atoms with Crippen molar-refractivity contribution in [2.24, 2.45) is 0 Å². The maximum absolute atomic E-state index is 5.96. The number of hydrogen-bond donors (Lipinski definition) is 1. The summed E-state index contributed by atoms with van der Waals surface area (Å²) in [5.74, 6) is 0. The van der Waals surface area contributed by atoms with Crippen molar-refractivity contribution in [2.75, 3.05) is 7.11 Å². The molecule has 1 saturated carbocycles. The highest BCUT2D eigenvalue weighted by molar-refractivity contribution is 6.34. The Morgan fingerprint density at radius 3 is 2.53 bits per heavy atom. The topological polar surface area (TPSA) is 21.3 Å². The minimum absolute atomic E-state index is 0.412. The molecule has 2 unspecified atom stereocenters. The third-order valence-electron chi connectivity index (χ3n) is 3.24. The van der Waals surface area contributed by atoms with Crippen molar-refractivity contribution in [2.45, 2.75) is 38.0 Å². The number of methoxy groups -OCH3 is 1. The predicted molar refractivity (Wildman–Crippen MR) is 71.7 cm³/mol. The molecule has 1 aliphatic carbocycles. The van der Waals surface area contributed by atoms with E-state index in [0.717, 1.165) is 24.9 Å². The molecule has 0 aromatic heterocycles. The van der Waals surface area contributed by atoms with Gasteiger partial charge in [-0.15, -0.1) is 0 Å². The van der Waals surface area contributed by atoms with Crippen molar-refractivity contribution in [1.29, 1.82) is 0 Å². The lowest BCUT2D eigenvalue weighted by molar-refractivity contribution is 0.107. The van der Waals surface area contributed by atoms with Crippen LogP contribution in [-0.2, 0) is 11.3 Å². The molecule has 1 aromatic rings. The molecule has 94 valence electrons. The van der Waals surface area contributed by atoms with Crippen LogP contribution in [0.3, 0.4) is 0 Å². The van der Waals surface area contributed by atoms with E-state index in [1.54, 1.807) is 13.2 Å². The van der Waals surface area contributed by atoms with Crippen LogP contribution in [0.5, 0.6) is 0 Å². The smallest absolute Gasteiger partial charge is 0.0586 e. The maximum atomic E-state index is 5.96. The average Bonchev–Trinajstić information content (AvgIpc) is 2.73. The van der Waals surface area contributed by atoms with Gasteiger partial charge in [0.25, 0.3) is 0 Å². The maximum Gasteiger partial charge on any atom is 0.0586 e. The van der Waals surface area contributed by atoms with E-state index in [1.165, 1.54) is 6.42 Å². The molecule has 0 aliphatic heterocycles. The number of rotatable bonds is 4. The normalized spacial score (nSPS) is 24.2. The van der Waals surface area contributed by atoms with E-state index in [0.29, 0.717) is 22.2 Å². The summed E-state index contributed by atoms with van der Waals surface area (Å²) in [4.78, 5) is 0. The van der Waals surface area contributed by atoms with Crippen molar-refractivity contribution in [1.82, 2.24) is 5.32 Å². The van der Waals surface area contributed by atoms with E-state index < -0.39 is 0 Å². The Bertz CT molecular complexity index is 363. The zero-order valence-corrected chi connectivity index (χ0v) is 11.4. The van der Waals surface area contributed by atoms with Crippen LogP contribution in [-0.4, -0.2) is 19.3 Å². The second-order valence-electron chi connectivity index (χ2n) is 4.53. The third kappa shape index (κ3) is 3.85. The zero-order chi connectivity index (χ0) is 12.3. The second-order valence-corrected chi connectivity index (χ2v) is 5.40. The standard InChI is InChI=1S/C13H17Cl2NO/c1-17-13-3-2-12(7-13)16-8-9-4-10(14)6-11(15)5-9/h4-6,12-13,16H,2-3,7-8H2,1H3. The van der Waals surface area contributed by atoms with Crippen LogP contribution in [0.15, 0.2) is 18.2 Å². The summed E-state index contributed by atoms with van der Waals surface area (Å²) in [6.45, 7) is 0.807. The number of ether oxygens (including phenoxy) is 1. The molecule has 1 fully saturated rings. The Kier molecular flexibility index (Phi) is 4.69. The summed E-state index contributed by atoms with van der Waals surface area (Å²) in [7, 11) is 1.78. The largest absolute Gasteiger partial charge is 0.381 e. The molecule has 1 aromatic carbocycles. The molecule has 0 radical (unpaired) electrons. The van der Waals surface area contributed by atoms with Gasteiger partial charge in [-0.05, 0) is 43.0 Å². The Labute approximate surface area is 112 Å². The molecule has 4 heteroatoms. The lowest BCUT2D eigenvalue weighted by Crippen LogP contribution is -2.26. The number of nitrogens with one attached hydrogen (secondary N) is 1. The van der Waals surface area contributed by atoms with E-state index in [-0.39, 0.29) is 0 Å². The van der Waals surface area contributed by atoms with Gasteiger partial charge in [0.15, 0.2) is 0 Å². The molecule has 1 N–H and O–H groups in total. The molecule has 0 spiro atoms. The van der Waals surface area contributed by atoms with E-state index in [9.17, 15) is 0 Å². The van der Waals surface area contributed by atoms with Crippen LogP contribution in [0.2, 0.25) is 10.0 Å². The summed E-state index contributed by atoms with van der Waals surface area (Å²) in [6.07, 6.45) is 3.82. The molecule has 0 saturated heterocycles. The molecular formula is C13H17Cl2NO. The van der Waals surface area contributed by atoms with E-state index >= 15 is 0 Å². The van der Waals surface area contributed by atoms with Gasteiger partial charge in [0, 0.05) is 29.7 Å². The average molecular weight is 274 g/mol. The third-order valence-corrected chi connectivity index (χ3v) is 3.67. The number of benzene rings is 1. The van der Waals surface area contributed by atoms with E-state index in [4.69, 9.17) is 27.9 Å². The summed E-state index contributed by atoms with van der Waals surface area (Å²) < 4.78 is 5.35. The van der Waals surface area contributed by atoms with Crippen LogP contribution in [0.25, 0.3) is 0 Å². The zero-order valence-electron chi connectivity index (χ0n) is 9.88. The fourth-order valence-electron chi connectivity index (χ4n) is 2.31. The molecule has 0 bridgehead atoms. The fraction of sp³-hybridized carbons (Fsp3) is 0.538. The van der Waals surface area contributed by atoms with E-state index in [1.807, 2.05) is 12.1 Å². The minimum Gasteiger partial charge on any atom is -0.381 e. The van der Waals surface area contributed by atoms with Gasteiger partial charge in [-0.3, -0.25) is 0 Å². The fourth-order valence-corrected chi connectivity index (χ4v) is 2.89. The van der Waals surface area contributed by atoms with Gasteiger partial charge in [-0.1, -0.05) is 23.2 Å². The molecule has 0 heterocycles. The van der Waals surface area contributed by atoms with E-state index in [2.05, 4.69) is 5.32 Å². The molecule has 0 amide bonds. The molecule has 2 atom stereocenters. The van der Waals surface area contributed by atoms with Crippen molar-refractivity contribution >= 4 is 23.2 Å². The highest BCUT2D eigenvalue weighted by atomic mass is 35.5. The van der Waals surface area contributed by atoms with Gasteiger partial charge in [0.05, 0.1) is 6.10 Å². The second kappa shape index (κ2) is 6.05. The first-order chi connectivity index (χ1) is 8.17. The molecule has 1 aliphatic rings. The van der Waals surface area contributed by atoms with Crippen LogP contribution in [0.1, 0.15) is 24.8 Å². The van der Waals surface area contributed by atoms with Crippen molar-refractivity contribution in [3.63, 3.8) is 0 Å². The summed E-state index contributed by atoms with van der Waals surface area (Å²) in [5, 5.41) is 4.90. The number of hydrogen-bond acceptors (Lipinski definition) is 2. The Morgan fingerprint density at radius 2 is 1.94 bits per heavy atom. The van der Waals surface area contributed by atoms with Gasteiger partial charge < -0.3 is 10.1 Å². The summed E-state index contributed by atoms with van der Waals surface area (Å²) in [5.41, 5.74) is 1.13. The van der Waals surface area contributed by atoms with Crippen LogP contribution >= 0.6 is 23.2 Å². The summed E-state index contributed by atoms with van der Waals surface area (Å²) in [6, 6.07) is 6.19. The molecule has 2 nitrogen and oxygen atoms in total. The SMILES string of the molecule is COC1CCC(NCc2cc(Cl)cc(Cl)c2)C1. The van der Waals surface area contributed by atoms with Gasteiger partial charge >= 0.3 is 0 Å². The lowest BCUT2D eigenvalue weighted by atomic mass is 10.2. The number of halogens is 2. The molecule has 2 rings (SSSR count). The summed E-state index contributed by atoms with van der Waals surface area (Å²) >= 11 is 11.9.